The van der Waals surface area contributed by atoms with Gasteiger partial charge in [0.15, 0.2) is 5.58 Å². The molecule has 96 valence electrons. The lowest BCUT2D eigenvalue weighted by Crippen LogP contribution is -2.16. The summed E-state index contributed by atoms with van der Waals surface area (Å²) in [5.74, 6) is 0.267. The van der Waals surface area contributed by atoms with E-state index in [2.05, 4.69) is 4.98 Å². The molecule has 0 fully saturated rings. The fraction of sp³-hybridized carbons (Fsp3) is 0.133. The summed E-state index contributed by atoms with van der Waals surface area (Å²) in [6.07, 6.45) is 0. The number of oxazole rings is 1. The number of hydrogen-bond acceptors (Lipinski definition) is 4. The minimum Gasteiger partial charge on any atom is -0.508 e. The van der Waals surface area contributed by atoms with Crippen LogP contribution in [0.15, 0.2) is 52.9 Å². The molecule has 0 bridgehead atoms. The first-order chi connectivity index (χ1) is 9.22. The van der Waals surface area contributed by atoms with Gasteiger partial charge >= 0.3 is 0 Å². The third kappa shape index (κ3) is 2.38. The van der Waals surface area contributed by atoms with E-state index in [9.17, 15) is 5.11 Å². The minimum absolute atomic E-state index is 0.267. The Kier molecular flexibility index (Phi) is 2.83. The summed E-state index contributed by atoms with van der Waals surface area (Å²) in [6.45, 7) is 0.626. The Morgan fingerprint density at radius 3 is 2.79 bits per heavy atom. The topological polar surface area (TPSA) is 49.5 Å². The van der Waals surface area contributed by atoms with Crippen LogP contribution in [0.1, 0.15) is 5.56 Å². The van der Waals surface area contributed by atoms with Crippen LogP contribution in [0.25, 0.3) is 11.1 Å². The van der Waals surface area contributed by atoms with Gasteiger partial charge in [-0.1, -0.05) is 24.3 Å². The van der Waals surface area contributed by atoms with E-state index in [1.165, 1.54) is 0 Å². The molecule has 0 saturated heterocycles. The Bertz CT molecular complexity index is 673. The van der Waals surface area contributed by atoms with E-state index in [4.69, 9.17) is 4.42 Å². The summed E-state index contributed by atoms with van der Waals surface area (Å²) in [5, 5.41) is 9.45. The van der Waals surface area contributed by atoms with E-state index in [1.54, 1.807) is 12.1 Å². The standard InChI is InChI=1S/C15H14N2O2/c1-17(10-11-5-4-6-12(18)9-11)15-16-13-7-2-3-8-14(13)19-15/h2-9,18H,10H2,1H3. The van der Waals surface area contributed by atoms with Crippen LogP contribution >= 0.6 is 0 Å². The lowest BCUT2D eigenvalue weighted by Gasteiger charge is -2.14. The number of fused-ring (bicyclic) bond motifs is 1. The molecule has 0 radical (unpaired) electrons. The normalized spacial score (nSPS) is 10.8. The summed E-state index contributed by atoms with van der Waals surface area (Å²) >= 11 is 0. The van der Waals surface area contributed by atoms with Crippen molar-refractivity contribution in [3.8, 4) is 5.75 Å². The average Bonchev–Trinajstić information content (AvgIpc) is 2.82. The molecule has 0 amide bonds. The Morgan fingerprint density at radius 2 is 2.00 bits per heavy atom. The minimum atomic E-state index is 0.267. The van der Waals surface area contributed by atoms with Gasteiger partial charge in [-0.3, -0.25) is 0 Å². The second kappa shape index (κ2) is 4.65. The third-order valence-electron chi connectivity index (χ3n) is 2.94. The predicted molar refractivity (Wildman–Crippen MR) is 74.2 cm³/mol. The van der Waals surface area contributed by atoms with E-state index < -0.39 is 0 Å². The van der Waals surface area contributed by atoms with Crippen LogP contribution in [-0.2, 0) is 6.54 Å². The van der Waals surface area contributed by atoms with E-state index in [0.717, 1.165) is 16.7 Å². The highest BCUT2D eigenvalue weighted by Gasteiger charge is 2.10. The van der Waals surface area contributed by atoms with Crippen molar-refractivity contribution in [3.05, 3.63) is 54.1 Å². The van der Waals surface area contributed by atoms with Gasteiger partial charge in [0.25, 0.3) is 6.01 Å². The average molecular weight is 254 g/mol. The summed E-state index contributed by atoms with van der Waals surface area (Å²) in [5.41, 5.74) is 2.63. The van der Waals surface area contributed by atoms with Crippen LogP contribution in [0.5, 0.6) is 5.75 Å². The zero-order chi connectivity index (χ0) is 13.2. The predicted octanol–water partition coefficient (Wildman–Crippen LogP) is 3.17. The van der Waals surface area contributed by atoms with Crippen molar-refractivity contribution in [1.82, 2.24) is 4.98 Å². The monoisotopic (exact) mass is 254 g/mol. The molecule has 4 nitrogen and oxygen atoms in total. The Labute approximate surface area is 110 Å². The highest BCUT2D eigenvalue weighted by atomic mass is 16.4. The SMILES string of the molecule is CN(Cc1cccc(O)c1)c1nc2ccccc2o1. The Morgan fingerprint density at radius 1 is 1.16 bits per heavy atom. The highest BCUT2D eigenvalue weighted by molar-refractivity contribution is 5.74. The molecule has 0 spiro atoms. The molecule has 2 aromatic carbocycles. The quantitative estimate of drug-likeness (QED) is 0.780. The summed E-state index contributed by atoms with van der Waals surface area (Å²) in [6, 6.07) is 15.4. The first kappa shape index (κ1) is 11.6. The number of aromatic hydroxyl groups is 1. The summed E-state index contributed by atoms with van der Waals surface area (Å²) in [7, 11) is 1.91. The summed E-state index contributed by atoms with van der Waals surface area (Å²) in [4.78, 5) is 6.34. The molecule has 0 unspecified atom stereocenters. The van der Waals surface area contributed by atoms with Gasteiger partial charge in [0.05, 0.1) is 0 Å². The van der Waals surface area contributed by atoms with Gasteiger partial charge < -0.3 is 14.4 Å². The van der Waals surface area contributed by atoms with Crippen molar-refractivity contribution in [2.75, 3.05) is 11.9 Å². The van der Waals surface area contributed by atoms with E-state index in [-0.39, 0.29) is 5.75 Å². The van der Waals surface area contributed by atoms with Gasteiger partial charge in [0, 0.05) is 13.6 Å². The third-order valence-corrected chi connectivity index (χ3v) is 2.94. The van der Waals surface area contributed by atoms with Crippen LogP contribution in [0.4, 0.5) is 6.01 Å². The van der Waals surface area contributed by atoms with Gasteiger partial charge in [-0.2, -0.15) is 4.98 Å². The molecule has 3 rings (SSSR count). The number of hydrogen-bond donors (Lipinski definition) is 1. The molecule has 3 aromatic rings. The fourth-order valence-electron chi connectivity index (χ4n) is 2.02. The Hall–Kier alpha value is -2.49. The molecule has 1 heterocycles. The fourth-order valence-corrected chi connectivity index (χ4v) is 2.02. The Balaban J connectivity index is 1.85. The molecule has 0 atom stereocenters. The number of phenols is 1. The lowest BCUT2D eigenvalue weighted by atomic mass is 10.2. The van der Waals surface area contributed by atoms with Crippen LogP contribution in [0, 0.1) is 0 Å². The number of rotatable bonds is 3. The molecule has 1 N–H and O–H groups in total. The number of nitrogens with zero attached hydrogens (tertiary/aromatic N) is 2. The van der Waals surface area contributed by atoms with Gasteiger partial charge in [-0.05, 0) is 29.8 Å². The molecule has 0 aliphatic carbocycles. The van der Waals surface area contributed by atoms with Crippen LogP contribution in [-0.4, -0.2) is 17.1 Å². The second-order valence-corrected chi connectivity index (χ2v) is 4.49. The van der Waals surface area contributed by atoms with Gasteiger partial charge in [0.2, 0.25) is 0 Å². The molecule has 0 aliphatic rings. The maximum atomic E-state index is 9.45. The zero-order valence-corrected chi connectivity index (χ0v) is 10.6. The van der Waals surface area contributed by atoms with Crippen LogP contribution in [0.2, 0.25) is 0 Å². The van der Waals surface area contributed by atoms with Crippen molar-refractivity contribution in [1.29, 1.82) is 0 Å². The number of phenolic OH excluding ortho intramolecular Hbond substituents is 1. The van der Waals surface area contributed by atoms with Crippen molar-refractivity contribution in [2.24, 2.45) is 0 Å². The van der Waals surface area contributed by atoms with Gasteiger partial charge in [-0.25, -0.2) is 0 Å². The molecule has 1 aromatic heterocycles. The largest absolute Gasteiger partial charge is 0.508 e. The number of para-hydroxylation sites is 2. The molecule has 4 heteroatoms. The molecule has 0 saturated carbocycles. The van der Waals surface area contributed by atoms with E-state index in [0.29, 0.717) is 12.6 Å². The van der Waals surface area contributed by atoms with Crippen molar-refractivity contribution in [3.63, 3.8) is 0 Å². The van der Waals surface area contributed by atoms with E-state index >= 15 is 0 Å². The number of benzene rings is 2. The molecule has 19 heavy (non-hydrogen) atoms. The number of aromatic nitrogens is 1. The van der Waals surface area contributed by atoms with E-state index in [1.807, 2.05) is 48.3 Å². The van der Waals surface area contributed by atoms with Crippen molar-refractivity contribution < 1.29 is 9.52 Å². The second-order valence-electron chi connectivity index (χ2n) is 4.49. The van der Waals surface area contributed by atoms with Crippen molar-refractivity contribution >= 4 is 17.1 Å². The first-order valence-corrected chi connectivity index (χ1v) is 6.07. The van der Waals surface area contributed by atoms with Crippen molar-refractivity contribution in [2.45, 2.75) is 6.54 Å². The highest BCUT2D eigenvalue weighted by Crippen LogP contribution is 2.22. The first-order valence-electron chi connectivity index (χ1n) is 6.07. The summed E-state index contributed by atoms with van der Waals surface area (Å²) < 4.78 is 5.68. The van der Waals surface area contributed by atoms with Crippen LogP contribution in [0.3, 0.4) is 0 Å². The molecular formula is C15H14N2O2. The molecule has 0 aliphatic heterocycles. The smallest absolute Gasteiger partial charge is 0.298 e. The maximum Gasteiger partial charge on any atom is 0.298 e. The van der Waals surface area contributed by atoms with Gasteiger partial charge in [-0.15, -0.1) is 0 Å². The lowest BCUT2D eigenvalue weighted by molar-refractivity contribution is 0.474. The number of anilines is 1. The zero-order valence-electron chi connectivity index (χ0n) is 10.6. The van der Waals surface area contributed by atoms with Gasteiger partial charge in [0.1, 0.15) is 11.3 Å². The molecular weight excluding hydrogens is 240 g/mol. The van der Waals surface area contributed by atoms with Crippen LogP contribution < -0.4 is 4.90 Å². The maximum absolute atomic E-state index is 9.45.